The Kier molecular flexibility index (Phi) is 4.06. The molecule has 7 heteroatoms. The predicted molar refractivity (Wildman–Crippen MR) is 71.5 cm³/mol. The molecule has 6 nitrogen and oxygen atoms in total. The first-order valence-corrected chi connectivity index (χ1v) is 6.50. The van der Waals surface area contributed by atoms with Gasteiger partial charge in [-0.2, -0.15) is 0 Å². The van der Waals surface area contributed by atoms with Gasteiger partial charge in [-0.3, -0.25) is 9.89 Å². The van der Waals surface area contributed by atoms with E-state index in [1.54, 1.807) is 7.11 Å². The number of thioether (sulfide) groups is 1. The molecule has 0 aliphatic heterocycles. The third kappa shape index (κ3) is 3.25. The first-order valence-electron chi connectivity index (χ1n) is 5.52. The van der Waals surface area contributed by atoms with Crippen molar-refractivity contribution < 1.29 is 14.6 Å². The molecular formula is C12H13N3O3S. The van der Waals surface area contributed by atoms with Crippen LogP contribution in [0.1, 0.15) is 5.56 Å². The summed E-state index contributed by atoms with van der Waals surface area (Å²) in [7, 11) is 1.59. The third-order valence-electron chi connectivity index (χ3n) is 2.40. The summed E-state index contributed by atoms with van der Waals surface area (Å²) >= 11 is 1.07. The average molecular weight is 279 g/mol. The molecule has 2 N–H and O–H groups in total. The zero-order valence-corrected chi connectivity index (χ0v) is 11.3. The molecule has 1 aromatic carbocycles. The standard InChI is InChI=1S/C12H13N3O3S/c1-7-3-4-8(9(5-7)18-2)11-13-12(15-14-11)19-6-10(16)17/h3-5H,6H2,1-2H3,(H,16,17)(H,13,14,15). The minimum absolute atomic E-state index is 0.0671. The number of carboxylic acids is 1. The highest BCUT2D eigenvalue weighted by atomic mass is 32.2. The van der Waals surface area contributed by atoms with Crippen molar-refractivity contribution in [3.8, 4) is 17.1 Å². The van der Waals surface area contributed by atoms with Crippen LogP contribution in [-0.2, 0) is 4.79 Å². The molecule has 0 aliphatic carbocycles. The SMILES string of the molecule is COc1cc(C)ccc1-c1nc(SCC(=O)O)n[nH]1. The monoisotopic (exact) mass is 279 g/mol. The molecule has 1 aromatic heterocycles. The van der Waals surface area contributed by atoms with Crippen molar-refractivity contribution in [3.63, 3.8) is 0 Å². The van der Waals surface area contributed by atoms with Gasteiger partial charge < -0.3 is 9.84 Å². The number of carboxylic acid groups (broad SMARTS) is 1. The molecule has 100 valence electrons. The number of hydrogen-bond acceptors (Lipinski definition) is 5. The molecule has 2 rings (SSSR count). The van der Waals surface area contributed by atoms with Gasteiger partial charge in [0.1, 0.15) is 5.75 Å². The van der Waals surface area contributed by atoms with E-state index in [1.165, 1.54) is 0 Å². The second-order valence-electron chi connectivity index (χ2n) is 3.85. The summed E-state index contributed by atoms with van der Waals surface area (Å²) in [4.78, 5) is 14.7. The summed E-state index contributed by atoms with van der Waals surface area (Å²) in [5.41, 5.74) is 1.88. The Morgan fingerprint density at radius 3 is 3.00 bits per heavy atom. The zero-order valence-electron chi connectivity index (χ0n) is 10.5. The maximum Gasteiger partial charge on any atom is 0.313 e. The van der Waals surface area contributed by atoms with E-state index < -0.39 is 5.97 Å². The molecule has 0 amide bonds. The quantitative estimate of drug-likeness (QED) is 0.813. The number of H-pyrrole nitrogens is 1. The van der Waals surface area contributed by atoms with E-state index in [9.17, 15) is 4.79 Å². The maximum absolute atomic E-state index is 10.5. The van der Waals surface area contributed by atoms with Crippen molar-refractivity contribution in [1.29, 1.82) is 0 Å². The van der Waals surface area contributed by atoms with Gasteiger partial charge in [-0.15, -0.1) is 5.10 Å². The molecule has 0 saturated heterocycles. The lowest BCUT2D eigenvalue weighted by molar-refractivity contribution is -0.133. The molecule has 0 spiro atoms. The van der Waals surface area contributed by atoms with Crippen molar-refractivity contribution in [3.05, 3.63) is 23.8 Å². The van der Waals surface area contributed by atoms with E-state index in [0.29, 0.717) is 16.7 Å². The van der Waals surface area contributed by atoms with Gasteiger partial charge in [-0.25, -0.2) is 4.98 Å². The highest BCUT2D eigenvalue weighted by Crippen LogP contribution is 2.29. The van der Waals surface area contributed by atoms with E-state index in [1.807, 2.05) is 25.1 Å². The number of aromatic amines is 1. The number of rotatable bonds is 5. The lowest BCUT2D eigenvalue weighted by Gasteiger charge is -2.06. The van der Waals surface area contributed by atoms with Crippen molar-refractivity contribution in [2.75, 3.05) is 12.9 Å². The van der Waals surface area contributed by atoms with Crippen LogP contribution in [0.15, 0.2) is 23.4 Å². The van der Waals surface area contributed by atoms with Gasteiger partial charge >= 0.3 is 5.97 Å². The number of hydrogen-bond donors (Lipinski definition) is 2. The summed E-state index contributed by atoms with van der Waals surface area (Å²) in [6, 6.07) is 5.74. The van der Waals surface area contributed by atoms with Crippen LogP contribution >= 0.6 is 11.8 Å². The third-order valence-corrected chi connectivity index (χ3v) is 3.23. The second kappa shape index (κ2) is 5.75. The zero-order chi connectivity index (χ0) is 13.8. The van der Waals surface area contributed by atoms with E-state index in [2.05, 4.69) is 15.2 Å². The molecular weight excluding hydrogens is 266 g/mol. The number of methoxy groups -OCH3 is 1. The first-order chi connectivity index (χ1) is 9.10. The lowest BCUT2D eigenvalue weighted by atomic mass is 10.1. The van der Waals surface area contributed by atoms with Crippen LogP contribution in [0, 0.1) is 6.92 Å². The van der Waals surface area contributed by atoms with Crippen molar-refractivity contribution in [1.82, 2.24) is 15.2 Å². The summed E-state index contributed by atoms with van der Waals surface area (Å²) in [6.07, 6.45) is 0. The molecule has 0 unspecified atom stereocenters. The number of nitrogens with zero attached hydrogens (tertiary/aromatic N) is 2. The highest BCUT2D eigenvalue weighted by Gasteiger charge is 2.12. The Bertz CT molecular complexity index is 598. The number of ether oxygens (including phenoxy) is 1. The van der Waals surface area contributed by atoms with Gasteiger partial charge in [0.2, 0.25) is 5.16 Å². The smallest absolute Gasteiger partial charge is 0.313 e. The van der Waals surface area contributed by atoms with Gasteiger partial charge in [-0.05, 0) is 24.6 Å². The Morgan fingerprint density at radius 2 is 2.32 bits per heavy atom. The molecule has 2 aromatic rings. The van der Waals surface area contributed by atoms with E-state index in [-0.39, 0.29) is 5.75 Å². The van der Waals surface area contributed by atoms with Gasteiger partial charge in [0.25, 0.3) is 0 Å². The normalized spacial score (nSPS) is 10.4. The van der Waals surface area contributed by atoms with Gasteiger partial charge in [-0.1, -0.05) is 17.8 Å². The van der Waals surface area contributed by atoms with Gasteiger partial charge in [0, 0.05) is 0 Å². The number of aryl methyl sites for hydroxylation is 1. The summed E-state index contributed by atoms with van der Waals surface area (Å²) < 4.78 is 5.30. The summed E-state index contributed by atoms with van der Waals surface area (Å²) in [5, 5.41) is 15.8. The molecule has 0 radical (unpaired) electrons. The Labute approximate surface area is 114 Å². The highest BCUT2D eigenvalue weighted by molar-refractivity contribution is 7.99. The minimum Gasteiger partial charge on any atom is -0.496 e. The molecule has 0 bridgehead atoms. The number of benzene rings is 1. The lowest BCUT2D eigenvalue weighted by Crippen LogP contribution is -1.97. The Morgan fingerprint density at radius 1 is 1.53 bits per heavy atom. The van der Waals surface area contributed by atoms with Crippen molar-refractivity contribution >= 4 is 17.7 Å². The van der Waals surface area contributed by atoms with E-state index in [4.69, 9.17) is 9.84 Å². The van der Waals surface area contributed by atoms with Crippen LogP contribution in [-0.4, -0.2) is 39.1 Å². The van der Waals surface area contributed by atoms with Crippen molar-refractivity contribution in [2.24, 2.45) is 0 Å². The molecule has 0 fully saturated rings. The maximum atomic E-state index is 10.5. The van der Waals surface area contributed by atoms with Crippen LogP contribution in [0.4, 0.5) is 0 Å². The summed E-state index contributed by atoms with van der Waals surface area (Å²) in [6.45, 7) is 1.97. The first kappa shape index (κ1) is 13.4. The molecule has 0 atom stereocenters. The topological polar surface area (TPSA) is 88.1 Å². The van der Waals surface area contributed by atoms with Crippen LogP contribution in [0.5, 0.6) is 5.75 Å². The number of carbonyl (C=O) groups is 1. The predicted octanol–water partition coefficient (Wildman–Crippen LogP) is 1.97. The average Bonchev–Trinajstić information content (AvgIpc) is 2.84. The molecule has 0 saturated carbocycles. The van der Waals surface area contributed by atoms with E-state index in [0.717, 1.165) is 22.9 Å². The fourth-order valence-electron chi connectivity index (χ4n) is 1.55. The van der Waals surface area contributed by atoms with Crippen LogP contribution in [0.3, 0.4) is 0 Å². The fraction of sp³-hybridized carbons (Fsp3) is 0.250. The minimum atomic E-state index is -0.899. The Balaban J connectivity index is 2.25. The number of aliphatic carboxylic acids is 1. The molecule has 19 heavy (non-hydrogen) atoms. The molecule has 0 aliphatic rings. The van der Waals surface area contributed by atoms with Crippen LogP contribution in [0.2, 0.25) is 0 Å². The fourth-order valence-corrected chi connectivity index (χ4v) is 2.07. The Hall–Kier alpha value is -2.02. The number of aromatic nitrogens is 3. The largest absolute Gasteiger partial charge is 0.496 e. The second-order valence-corrected chi connectivity index (χ2v) is 4.80. The van der Waals surface area contributed by atoms with Gasteiger partial charge in [0.15, 0.2) is 5.82 Å². The van der Waals surface area contributed by atoms with Gasteiger partial charge in [0.05, 0.1) is 18.4 Å². The summed E-state index contributed by atoms with van der Waals surface area (Å²) in [5.74, 6) is 0.294. The van der Waals surface area contributed by atoms with Crippen LogP contribution in [0.25, 0.3) is 11.4 Å². The van der Waals surface area contributed by atoms with E-state index >= 15 is 0 Å². The van der Waals surface area contributed by atoms with Crippen molar-refractivity contribution in [2.45, 2.75) is 12.1 Å². The number of nitrogens with one attached hydrogen (secondary N) is 1. The van der Waals surface area contributed by atoms with Crippen LogP contribution < -0.4 is 4.74 Å². The molecule has 1 heterocycles.